The average Bonchev–Trinajstić information content (AvgIpc) is 3.31. The van der Waals surface area contributed by atoms with Gasteiger partial charge >= 0.3 is 0 Å². The largest absolute Gasteiger partial charge is 0.370 e. The van der Waals surface area contributed by atoms with Gasteiger partial charge in [-0.15, -0.1) is 0 Å². The summed E-state index contributed by atoms with van der Waals surface area (Å²) in [5, 5.41) is 13.2. The van der Waals surface area contributed by atoms with Gasteiger partial charge in [-0.05, 0) is 86.2 Å². The molecule has 4 aromatic rings. The number of sulfone groups is 1. The van der Waals surface area contributed by atoms with Gasteiger partial charge in [-0.25, -0.2) is 8.42 Å². The number of halogens is 1. The summed E-state index contributed by atoms with van der Waals surface area (Å²) in [6, 6.07) is 19.9. The minimum absolute atomic E-state index is 0.00630. The first kappa shape index (κ1) is 26.8. The molecule has 1 saturated heterocycles. The Morgan fingerprint density at radius 1 is 1.08 bits per heavy atom. The lowest BCUT2D eigenvalue weighted by atomic mass is 9.96. The van der Waals surface area contributed by atoms with E-state index in [0.717, 1.165) is 42.7 Å². The Kier molecular flexibility index (Phi) is 7.39. The fourth-order valence-corrected chi connectivity index (χ4v) is 7.29. The van der Waals surface area contributed by atoms with Crippen molar-refractivity contribution in [3.05, 3.63) is 88.1 Å². The first-order valence-corrected chi connectivity index (χ1v) is 14.7. The topological polar surface area (TPSA) is 106 Å². The predicted octanol–water partition coefficient (Wildman–Crippen LogP) is 5.79. The molecule has 0 aliphatic carbocycles. The summed E-state index contributed by atoms with van der Waals surface area (Å²) >= 11 is 6.23. The molecule has 0 saturated carbocycles. The average molecular weight is 561 g/mol. The molecule has 0 atom stereocenters. The number of carbonyl (C=O) groups excluding carboxylic acids is 1. The molecular formula is C30H29ClN4O3S. The molecule has 0 spiro atoms. The van der Waals surface area contributed by atoms with Crippen LogP contribution in [0.3, 0.4) is 0 Å². The first-order chi connectivity index (χ1) is 18.7. The van der Waals surface area contributed by atoms with Gasteiger partial charge in [-0.1, -0.05) is 29.8 Å². The Morgan fingerprint density at radius 3 is 2.46 bits per heavy atom. The molecule has 2 N–H and O–H groups in total. The van der Waals surface area contributed by atoms with Crippen molar-refractivity contribution >= 4 is 43.9 Å². The predicted molar refractivity (Wildman–Crippen MR) is 153 cm³/mol. The Labute approximate surface area is 233 Å². The summed E-state index contributed by atoms with van der Waals surface area (Å²) in [5.74, 6) is -0.236. The van der Waals surface area contributed by atoms with Crippen LogP contribution in [-0.2, 0) is 9.84 Å². The number of fused-ring (bicyclic) bond motifs is 1. The van der Waals surface area contributed by atoms with Gasteiger partial charge < -0.3 is 15.2 Å². The van der Waals surface area contributed by atoms with Gasteiger partial charge in [0.25, 0.3) is 5.91 Å². The molecule has 5 rings (SSSR count). The fraction of sp³-hybridized carbons (Fsp3) is 0.267. The number of aromatic amines is 1. The molecule has 0 radical (unpaired) electrons. The van der Waals surface area contributed by atoms with Crippen LogP contribution < -0.4 is 10.2 Å². The van der Waals surface area contributed by atoms with E-state index in [1.807, 2.05) is 44.2 Å². The number of benzene rings is 3. The molecule has 1 amide bonds. The minimum atomic E-state index is -4.03. The highest BCUT2D eigenvalue weighted by molar-refractivity contribution is 7.91. The molecule has 2 heterocycles. The Balaban J connectivity index is 1.38. The van der Waals surface area contributed by atoms with Crippen molar-refractivity contribution in [3.63, 3.8) is 0 Å². The number of carbonyl (C=O) groups is 1. The van der Waals surface area contributed by atoms with Crippen molar-refractivity contribution in [2.24, 2.45) is 5.92 Å². The zero-order valence-corrected chi connectivity index (χ0v) is 23.4. The summed E-state index contributed by atoms with van der Waals surface area (Å²) in [6.45, 7) is 5.66. The van der Waals surface area contributed by atoms with Gasteiger partial charge in [-0.2, -0.15) is 5.26 Å². The van der Waals surface area contributed by atoms with Crippen LogP contribution in [0.15, 0.2) is 70.5 Å². The number of aryl methyl sites for hydroxylation is 2. The molecule has 1 aliphatic heterocycles. The number of piperidine rings is 1. The van der Waals surface area contributed by atoms with Crippen LogP contribution in [0, 0.1) is 31.1 Å². The van der Waals surface area contributed by atoms with Crippen molar-refractivity contribution in [2.45, 2.75) is 36.5 Å². The molecule has 1 aromatic heterocycles. The number of amides is 1. The summed E-state index contributed by atoms with van der Waals surface area (Å²) in [7, 11) is -4.03. The minimum Gasteiger partial charge on any atom is -0.370 e. The molecule has 7 nitrogen and oxygen atoms in total. The SMILES string of the molecule is Cc1cc(C)cc(S(=O)(=O)c2c(C(=O)NCC3CCN(c4ccccc4C#N)CC3)[nH]c3ccc(Cl)cc23)c1. The highest BCUT2D eigenvalue weighted by Gasteiger charge is 2.31. The van der Waals surface area contributed by atoms with Crippen molar-refractivity contribution in [1.29, 1.82) is 5.26 Å². The van der Waals surface area contributed by atoms with Gasteiger partial charge in [-0.3, -0.25) is 4.79 Å². The number of para-hydroxylation sites is 1. The molecule has 3 aromatic carbocycles. The van der Waals surface area contributed by atoms with E-state index in [0.29, 0.717) is 28.0 Å². The van der Waals surface area contributed by atoms with Crippen molar-refractivity contribution in [3.8, 4) is 6.07 Å². The second-order valence-corrected chi connectivity index (χ2v) is 12.4. The summed E-state index contributed by atoms with van der Waals surface area (Å²) in [4.78, 5) is 18.8. The quantitative estimate of drug-likeness (QED) is 0.310. The molecule has 0 bridgehead atoms. The van der Waals surface area contributed by atoms with Crippen LogP contribution in [0.25, 0.3) is 10.9 Å². The van der Waals surface area contributed by atoms with Crippen LogP contribution in [0.2, 0.25) is 5.02 Å². The van der Waals surface area contributed by atoms with E-state index in [-0.39, 0.29) is 21.4 Å². The van der Waals surface area contributed by atoms with E-state index in [2.05, 4.69) is 21.3 Å². The van der Waals surface area contributed by atoms with E-state index in [1.165, 1.54) is 0 Å². The third-order valence-corrected chi connectivity index (χ3v) is 9.30. The van der Waals surface area contributed by atoms with Crippen molar-refractivity contribution < 1.29 is 13.2 Å². The second-order valence-electron chi connectivity index (χ2n) is 10.1. The molecular weight excluding hydrogens is 532 g/mol. The van der Waals surface area contributed by atoms with Crippen LogP contribution in [-0.4, -0.2) is 38.9 Å². The molecule has 0 unspecified atom stereocenters. The number of nitrogens with zero attached hydrogens (tertiary/aromatic N) is 2. The van der Waals surface area contributed by atoms with E-state index in [4.69, 9.17) is 11.6 Å². The monoisotopic (exact) mass is 560 g/mol. The third kappa shape index (κ3) is 5.38. The third-order valence-electron chi connectivity index (χ3n) is 7.25. The first-order valence-electron chi connectivity index (χ1n) is 12.8. The van der Waals surface area contributed by atoms with Gasteiger partial charge in [0.1, 0.15) is 16.7 Å². The summed E-state index contributed by atoms with van der Waals surface area (Å²) in [6.07, 6.45) is 1.69. The highest BCUT2D eigenvalue weighted by atomic mass is 35.5. The van der Waals surface area contributed by atoms with Gasteiger partial charge in [0.05, 0.1) is 16.1 Å². The van der Waals surface area contributed by atoms with Crippen molar-refractivity contribution in [1.82, 2.24) is 10.3 Å². The Bertz CT molecular complexity index is 1690. The summed E-state index contributed by atoms with van der Waals surface area (Å²) < 4.78 is 27.8. The molecule has 200 valence electrons. The maximum absolute atomic E-state index is 13.9. The molecule has 9 heteroatoms. The van der Waals surface area contributed by atoms with Gasteiger partial charge in [0, 0.05) is 35.6 Å². The van der Waals surface area contributed by atoms with E-state index in [1.54, 1.807) is 30.3 Å². The fourth-order valence-electron chi connectivity index (χ4n) is 5.33. The number of hydrogen-bond acceptors (Lipinski definition) is 5. The molecule has 39 heavy (non-hydrogen) atoms. The van der Waals surface area contributed by atoms with E-state index in [9.17, 15) is 18.5 Å². The normalized spacial score (nSPS) is 14.4. The zero-order chi connectivity index (χ0) is 27.7. The number of rotatable bonds is 6. The van der Waals surface area contributed by atoms with Crippen molar-refractivity contribution in [2.75, 3.05) is 24.5 Å². The van der Waals surface area contributed by atoms with Crippen LogP contribution >= 0.6 is 11.6 Å². The number of nitriles is 1. The lowest BCUT2D eigenvalue weighted by Gasteiger charge is -2.34. The summed E-state index contributed by atoms with van der Waals surface area (Å²) in [5.41, 5.74) is 3.76. The lowest BCUT2D eigenvalue weighted by Crippen LogP contribution is -2.39. The van der Waals surface area contributed by atoms with E-state index >= 15 is 0 Å². The van der Waals surface area contributed by atoms with Gasteiger partial charge in [0.15, 0.2) is 0 Å². The van der Waals surface area contributed by atoms with Gasteiger partial charge in [0.2, 0.25) is 9.84 Å². The standard InChI is InChI=1S/C30H29ClN4O3S/c1-19-13-20(2)15-24(14-19)39(37,38)29-25-16-23(31)7-8-26(25)34-28(29)30(36)33-18-21-9-11-35(12-10-21)27-6-4-3-5-22(27)17-32/h3-8,13-16,21,34H,9-12,18H2,1-2H3,(H,33,36). The highest BCUT2D eigenvalue weighted by Crippen LogP contribution is 2.34. The maximum Gasteiger partial charge on any atom is 0.269 e. The Morgan fingerprint density at radius 2 is 1.77 bits per heavy atom. The van der Waals surface area contributed by atoms with Crippen LogP contribution in [0.5, 0.6) is 0 Å². The molecule has 1 fully saturated rings. The second kappa shape index (κ2) is 10.8. The number of nitrogens with one attached hydrogen (secondary N) is 2. The number of H-pyrrole nitrogens is 1. The lowest BCUT2D eigenvalue weighted by molar-refractivity contribution is 0.0937. The number of hydrogen-bond donors (Lipinski definition) is 2. The number of anilines is 1. The Hall–Kier alpha value is -3.80. The molecule has 1 aliphatic rings. The number of aromatic nitrogens is 1. The van der Waals surface area contributed by atoms with E-state index < -0.39 is 15.7 Å². The zero-order valence-electron chi connectivity index (χ0n) is 21.8. The smallest absolute Gasteiger partial charge is 0.269 e. The van der Waals surface area contributed by atoms with Crippen LogP contribution in [0.1, 0.15) is 40.0 Å². The maximum atomic E-state index is 13.9. The van der Waals surface area contributed by atoms with Crippen LogP contribution in [0.4, 0.5) is 5.69 Å².